The van der Waals surface area contributed by atoms with E-state index in [1.54, 1.807) is 36.0 Å². The molecule has 1 saturated carbocycles. The van der Waals surface area contributed by atoms with Crippen molar-refractivity contribution in [1.29, 1.82) is 0 Å². The van der Waals surface area contributed by atoms with Crippen LogP contribution < -0.4 is 14.8 Å². The first-order valence-corrected chi connectivity index (χ1v) is 14.0. The van der Waals surface area contributed by atoms with Crippen LogP contribution in [0.25, 0.3) is 5.57 Å². The summed E-state index contributed by atoms with van der Waals surface area (Å²) in [6.07, 6.45) is 7.51. The molecule has 1 aromatic heterocycles. The van der Waals surface area contributed by atoms with Crippen LogP contribution in [0.3, 0.4) is 0 Å². The average Bonchev–Trinajstić information content (AvgIpc) is 3.20. The van der Waals surface area contributed by atoms with Gasteiger partial charge in [-0.2, -0.15) is 5.10 Å². The van der Waals surface area contributed by atoms with Gasteiger partial charge >= 0.3 is 0 Å². The minimum Gasteiger partial charge on any atom is -0.493 e. The first kappa shape index (κ1) is 25.9. The number of aromatic nitrogens is 2. The van der Waals surface area contributed by atoms with Gasteiger partial charge in [0.05, 0.1) is 30.1 Å². The average molecular weight is 519 g/mol. The number of hydrogen-bond donors (Lipinski definition) is 2. The lowest BCUT2D eigenvalue weighted by molar-refractivity contribution is -0.124. The molecule has 4 rings (SSSR count). The number of sulfonamides is 1. The highest BCUT2D eigenvalue weighted by Gasteiger charge is 2.42. The zero-order chi connectivity index (χ0) is 26.1. The van der Waals surface area contributed by atoms with E-state index >= 15 is 4.39 Å². The first-order chi connectivity index (χ1) is 17.0. The van der Waals surface area contributed by atoms with Crippen LogP contribution in [0.15, 0.2) is 36.0 Å². The Morgan fingerprint density at radius 3 is 2.69 bits per heavy atom. The van der Waals surface area contributed by atoms with Gasteiger partial charge in [-0.25, -0.2) is 17.5 Å². The lowest BCUT2D eigenvalue weighted by Gasteiger charge is -2.37. The highest BCUT2D eigenvalue weighted by Crippen LogP contribution is 2.40. The molecule has 2 N–H and O–H groups in total. The third-order valence-corrected chi connectivity index (χ3v) is 7.18. The van der Waals surface area contributed by atoms with Gasteiger partial charge in [-0.05, 0) is 44.7 Å². The minimum absolute atomic E-state index is 0.0277. The van der Waals surface area contributed by atoms with Crippen molar-refractivity contribution < 1.29 is 27.1 Å². The van der Waals surface area contributed by atoms with Crippen LogP contribution in [0.4, 0.5) is 4.39 Å². The van der Waals surface area contributed by atoms with Crippen molar-refractivity contribution in [2.24, 2.45) is 0 Å². The number of halogens is 1. The summed E-state index contributed by atoms with van der Waals surface area (Å²) in [5.41, 5.74) is -0.716. The fourth-order valence-corrected chi connectivity index (χ4v) is 4.94. The van der Waals surface area contributed by atoms with Crippen LogP contribution in [0.2, 0.25) is 0 Å². The Balaban J connectivity index is 1.73. The van der Waals surface area contributed by atoms with Crippen LogP contribution in [0, 0.1) is 5.82 Å². The number of carbonyl (C=O) groups excluding carboxylic acids is 2. The molecule has 0 bridgehead atoms. The predicted molar refractivity (Wildman–Crippen MR) is 132 cm³/mol. The van der Waals surface area contributed by atoms with Crippen molar-refractivity contribution >= 4 is 27.4 Å². The second-order valence-electron chi connectivity index (χ2n) is 9.63. The Labute approximate surface area is 210 Å². The van der Waals surface area contributed by atoms with E-state index in [9.17, 15) is 18.0 Å². The normalized spacial score (nSPS) is 20.6. The number of rotatable bonds is 9. The Morgan fingerprint density at radius 2 is 2.08 bits per heavy atom. The molecule has 36 heavy (non-hydrogen) atoms. The third-order valence-electron chi connectivity index (χ3n) is 6.62. The lowest BCUT2D eigenvalue weighted by Crippen LogP contribution is -2.51. The molecule has 1 fully saturated rings. The summed E-state index contributed by atoms with van der Waals surface area (Å²) < 4.78 is 48.0. The number of amides is 2. The summed E-state index contributed by atoms with van der Waals surface area (Å²) in [7, 11) is -3.92. The number of carbonyl (C=O) groups is 2. The quantitative estimate of drug-likeness (QED) is 0.389. The molecule has 2 aliphatic rings. The SMILES string of the molecule is CCCCOc1ccc([C@]2(C)CC(c3ccn(C4CCC4)n3)=C(C(=O)NS(C)(=O)=O)C(=O)N2)c(F)c1. The Hall–Kier alpha value is -3.21. The molecule has 9 nitrogen and oxygen atoms in total. The molecule has 0 saturated heterocycles. The number of nitrogens with one attached hydrogen (secondary N) is 2. The van der Waals surface area contributed by atoms with Crippen LogP contribution in [-0.2, 0) is 25.2 Å². The Bertz CT molecular complexity index is 1320. The largest absolute Gasteiger partial charge is 0.493 e. The number of unbranched alkanes of at least 4 members (excludes halogenated alkanes) is 1. The van der Waals surface area contributed by atoms with Crippen molar-refractivity contribution in [2.75, 3.05) is 12.9 Å². The summed E-state index contributed by atoms with van der Waals surface area (Å²) in [5, 5.41) is 7.31. The number of ether oxygens (including phenoxy) is 1. The molecule has 11 heteroatoms. The van der Waals surface area contributed by atoms with E-state index in [1.807, 2.05) is 11.6 Å². The summed E-state index contributed by atoms with van der Waals surface area (Å²) in [6, 6.07) is 6.42. The molecule has 2 heterocycles. The molecular weight excluding hydrogens is 487 g/mol. The fourth-order valence-electron chi connectivity index (χ4n) is 4.50. The second kappa shape index (κ2) is 10.0. The van der Waals surface area contributed by atoms with E-state index in [4.69, 9.17) is 4.74 Å². The van der Waals surface area contributed by atoms with Gasteiger partial charge in [0.15, 0.2) is 0 Å². The minimum atomic E-state index is -3.92. The van der Waals surface area contributed by atoms with Crippen molar-refractivity contribution in [2.45, 2.75) is 64.0 Å². The van der Waals surface area contributed by atoms with Gasteiger partial charge in [0.25, 0.3) is 11.8 Å². The molecule has 1 atom stereocenters. The molecule has 2 aromatic rings. The number of benzene rings is 1. The fraction of sp³-hybridized carbons (Fsp3) is 0.480. The smallest absolute Gasteiger partial charge is 0.270 e. The third kappa shape index (κ3) is 5.45. The molecule has 1 aliphatic heterocycles. The van der Waals surface area contributed by atoms with Crippen LogP contribution in [0.5, 0.6) is 5.75 Å². The second-order valence-corrected chi connectivity index (χ2v) is 11.4. The van der Waals surface area contributed by atoms with Crippen molar-refractivity contribution in [3.8, 4) is 5.75 Å². The van der Waals surface area contributed by atoms with Crippen LogP contribution in [0.1, 0.15) is 69.7 Å². The van der Waals surface area contributed by atoms with E-state index in [0.717, 1.165) is 38.4 Å². The zero-order valence-electron chi connectivity index (χ0n) is 20.6. The van der Waals surface area contributed by atoms with Crippen molar-refractivity contribution in [3.63, 3.8) is 0 Å². The van der Waals surface area contributed by atoms with Crippen LogP contribution in [-0.4, -0.2) is 42.9 Å². The van der Waals surface area contributed by atoms with Crippen molar-refractivity contribution in [1.82, 2.24) is 19.8 Å². The van der Waals surface area contributed by atoms with Gasteiger partial charge in [0.1, 0.15) is 17.1 Å². The number of nitrogens with zero attached hydrogens (tertiary/aromatic N) is 2. The van der Waals surface area contributed by atoms with E-state index in [0.29, 0.717) is 18.1 Å². The molecule has 1 aromatic carbocycles. The van der Waals surface area contributed by atoms with Crippen LogP contribution >= 0.6 is 0 Å². The van der Waals surface area contributed by atoms with E-state index in [2.05, 4.69) is 10.4 Å². The molecule has 194 valence electrons. The molecule has 1 aliphatic carbocycles. The van der Waals surface area contributed by atoms with Gasteiger partial charge in [0, 0.05) is 29.8 Å². The van der Waals surface area contributed by atoms with E-state index in [-0.39, 0.29) is 29.2 Å². The number of hydrogen-bond acceptors (Lipinski definition) is 6. The van der Waals surface area contributed by atoms with Gasteiger partial charge in [-0.15, -0.1) is 0 Å². The Kier molecular flexibility index (Phi) is 7.21. The summed E-state index contributed by atoms with van der Waals surface area (Å²) in [4.78, 5) is 26.1. The van der Waals surface area contributed by atoms with Gasteiger partial charge < -0.3 is 10.1 Å². The molecule has 0 spiro atoms. The van der Waals surface area contributed by atoms with Crippen molar-refractivity contribution in [3.05, 3.63) is 53.1 Å². The maximum absolute atomic E-state index is 15.3. The monoisotopic (exact) mass is 518 g/mol. The molecule has 2 amide bonds. The van der Waals surface area contributed by atoms with Gasteiger partial charge in [0.2, 0.25) is 10.0 Å². The standard InChI is InChI=1S/C25H31FN4O5S/c1-4-5-13-35-17-9-10-19(20(26)14-17)25(2)15-18(21-11-12-30(28-21)16-7-6-8-16)22(23(31)27-25)24(32)29-36(3,33)34/h9-12,14,16H,4-8,13,15H2,1-3H3,(H,27,31)(H,29,32)/t25-/m0/s1. The molecule has 0 unspecified atom stereocenters. The van der Waals surface area contributed by atoms with Gasteiger partial charge in [-0.1, -0.05) is 19.4 Å². The highest BCUT2D eigenvalue weighted by atomic mass is 32.2. The maximum Gasteiger partial charge on any atom is 0.270 e. The lowest BCUT2D eigenvalue weighted by atomic mass is 9.79. The predicted octanol–water partition coefficient (Wildman–Crippen LogP) is 3.19. The zero-order valence-corrected chi connectivity index (χ0v) is 21.5. The van der Waals surface area contributed by atoms with E-state index < -0.39 is 33.2 Å². The van der Waals surface area contributed by atoms with E-state index in [1.165, 1.54) is 6.07 Å². The molecule has 0 radical (unpaired) electrons. The maximum atomic E-state index is 15.3. The summed E-state index contributed by atoms with van der Waals surface area (Å²) in [6.45, 7) is 4.16. The first-order valence-electron chi connectivity index (χ1n) is 12.1. The topological polar surface area (TPSA) is 119 Å². The Morgan fingerprint density at radius 1 is 1.33 bits per heavy atom. The molecular formula is C25H31FN4O5S. The highest BCUT2D eigenvalue weighted by molar-refractivity contribution is 7.89. The van der Waals surface area contributed by atoms with Gasteiger partial charge in [-0.3, -0.25) is 14.3 Å². The summed E-state index contributed by atoms with van der Waals surface area (Å²) in [5.74, 6) is -2.03. The summed E-state index contributed by atoms with van der Waals surface area (Å²) >= 11 is 0.